The van der Waals surface area contributed by atoms with Crippen molar-refractivity contribution < 1.29 is 9.53 Å². The molecule has 1 N–H and O–H groups in total. The number of aryl methyl sites for hydroxylation is 1. The van der Waals surface area contributed by atoms with E-state index in [0.29, 0.717) is 0 Å². The van der Waals surface area contributed by atoms with Crippen molar-refractivity contribution in [3.63, 3.8) is 0 Å². The Morgan fingerprint density at radius 1 is 1.44 bits per heavy atom. The molecule has 0 unspecified atom stereocenters. The minimum absolute atomic E-state index is 0.220. The third-order valence-corrected chi connectivity index (χ3v) is 2.02. The molecular weight excluding hydrogens is 228 g/mol. The first-order chi connectivity index (χ1) is 7.63. The summed E-state index contributed by atoms with van der Waals surface area (Å²) in [5.74, 6) is -0.635. The van der Waals surface area contributed by atoms with Gasteiger partial charge in [0.15, 0.2) is 0 Å². The lowest BCUT2D eigenvalue weighted by Crippen LogP contribution is -2.13. The first-order valence-electron chi connectivity index (χ1n) is 4.86. The van der Waals surface area contributed by atoms with E-state index in [1.165, 1.54) is 0 Å². The van der Waals surface area contributed by atoms with Gasteiger partial charge < -0.3 is 4.74 Å². The molecule has 0 fully saturated rings. The van der Waals surface area contributed by atoms with E-state index < -0.39 is 5.97 Å². The summed E-state index contributed by atoms with van der Waals surface area (Å²) in [6.45, 7) is 3.96. The Morgan fingerprint density at radius 3 is 2.62 bits per heavy atom. The molecule has 0 aliphatic rings. The third kappa shape index (κ3) is 3.90. The number of ether oxygens (including phenoxy) is 1. The largest absolute Gasteiger partial charge is 0.461 e. The van der Waals surface area contributed by atoms with Gasteiger partial charge in [0.05, 0.1) is 12.3 Å². The second-order valence-electron chi connectivity index (χ2n) is 3.10. The zero-order valence-electron chi connectivity index (χ0n) is 9.16. The fourth-order valence-electron chi connectivity index (χ4n) is 0.978. The number of carbonyl (C=O) groups excluding carboxylic acids is 1. The van der Waals surface area contributed by atoms with Crippen LogP contribution < -0.4 is 5.43 Å². The SMILES string of the molecule is CCOC(=O)/C(Cl)=N\Nc1ccc(C)cc1. The number of halogens is 1. The molecule has 0 aromatic heterocycles. The maximum Gasteiger partial charge on any atom is 0.370 e. The first kappa shape index (κ1) is 12.5. The molecule has 0 heterocycles. The van der Waals surface area contributed by atoms with Gasteiger partial charge in [-0.3, -0.25) is 5.43 Å². The number of rotatable bonds is 4. The van der Waals surface area contributed by atoms with Crippen molar-refractivity contribution >= 4 is 28.4 Å². The van der Waals surface area contributed by atoms with Gasteiger partial charge in [-0.2, -0.15) is 5.10 Å². The highest BCUT2D eigenvalue weighted by Gasteiger charge is 2.08. The standard InChI is InChI=1S/C11H13ClN2O2/c1-3-16-11(15)10(12)14-13-9-6-4-8(2)5-7-9/h4-7,13H,3H2,1-2H3/b14-10+. The van der Waals surface area contributed by atoms with E-state index in [2.05, 4.69) is 15.3 Å². The molecule has 0 amide bonds. The number of carbonyl (C=O) groups is 1. The summed E-state index contributed by atoms with van der Waals surface area (Å²) in [5, 5.41) is 3.48. The van der Waals surface area contributed by atoms with Crippen LogP contribution in [0, 0.1) is 6.92 Å². The molecule has 0 atom stereocenters. The van der Waals surface area contributed by atoms with E-state index in [1.807, 2.05) is 31.2 Å². The van der Waals surface area contributed by atoms with Gasteiger partial charge in [0, 0.05) is 0 Å². The quantitative estimate of drug-likeness (QED) is 0.500. The van der Waals surface area contributed by atoms with E-state index in [4.69, 9.17) is 11.6 Å². The van der Waals surface area contributed by atoms with Gasteiger partial charge >= 0.3 is 5.97 Å². The predicted molar refractivity (Wildman–Crippen MR) is 64.7 cm³/mol. The molecule has 0 saturated carbocycles. The van der Waals surface area contributed by atoms with Crippen LogP contribution >= 0.6 is 11.6 Å². The average molecular weight is 241 g/mol. The minimum Gasteiger partial charge on any atom is -0.461 e. The molecule has 0 radical (unpaired) electrons. The molecule has 1 aromatic carbocycles. The molecule has 1 aromatic rings. The molecule has 0 aliphatic heterocycles. The normalized spacial score (nSPS) is 11.1. The summed E-state index contributed by atoms with van der Waals surface area (Å²) in [5.41, 5.74) is 4.57. The number of hydrogen-bond donors (Lipinski definition) is 1. The Balaban J connectivity index is 2.58. The molecule has 4 nitrogen and oxygen atoms in total. The van der Waals surface area contributed by atoms with E-state index in [0.717, 1.165) is 11.3 Å². The van der Waals surface area contributed by atoms with Crippen molar-refractivity contribution in [2.75, 3.05) is 12.0 Å². The lowest BCUT2D eigenvalue weighted by atomic mass is 10.2. The summed E-state index contributed by atoms with van der Waals surface area (Å²) >= 11 is 5.60. The second kappa shape index (κ2) is 6.12. The van der Waals surface area contributed by atoms with E-state index >= 15 is 0 Å². The summed E-state index contributed by atoms with van der Waals surface area (Å²) in [6.07, 6.45) is 0. The molecule has 16 heavy (non-hydrogen) atoms. The molecular formula is C11H13ClN2O2. The first-order valence-corrected chi connectivity index (χ1v) is 5.24. The van der Waals surface area contributed by atoms with Crippen molar-refractivity contribution in [3.8, 4) is 0 Å². The fraction of sp³-hybridized carbons (Fsp3) is 0.273. The van der Waals surface area contributed by atoms with E-state index in [-0.39, 0.29) is 11.8 Å². The zero-order valence-corrected chi connectivity index (χ0v) is 9.91. The van der Waals surface area contributed by atoms with Crippen molar-refractivity contribution in [1.82, 2.24) is 0 Å². The van der Waals surface area contributed by atoms with Crippen molar-refractivity contribution in [3.05, 3.63) is 29.8 Å². The van der Waals surface area contributed by atoms with Crippen LogP contribution in [0.1, 0.15) is 12.5 Å². The topological polar surface area (TPSA) is 50.7 Å². The highest BCUT2D eigenvalue weighted by molar-refractivity contribution is 6.82. The number of esters is 1. The minimum atomic E-state index is -0.635. The Kier molecular flexibility index (Phi) is 4.79. The van der Waals surface area contributed by atoms with Crippen LogP contribution in [0.4, 0.5) is 5.69 Å². The number of nitrogens with zero attached hydrogens (tertiary/aromatic N) is 1. The number of hydrogen-bond acceptors (Lipinski definition) is 4. The Labute approximate surface area is 99.2 Å². The Morgan fingerprint density at radius 2 is 2.06 bits per heavy atom. The number of anilines is 1. The smallest absolute Gasteiger partial charge is 0.370 e. The van der Waals surface area contributed by atoms with Gasteiger partial charge in [0.25, 0.3) is 0 Å². The maximum atomic E-state index is 11.1. The maximum absolute atomic E-state index is 11.1. The van der Waals surface area contributed by atoms with Crippen LogP contribution in [0.25, 0.3) is 0 Å². The summed E-state index contributed by atoms with van der Waals surface area (Å²) in [4.78, 5) is 11.1. The zero-order chi connectivity index (χ0) is 12.0. The second-order valence-corrected chi connectivity index (χ2v) is 3.46. The Hall–Kier alpha value is -1.55. The number of benzene rings is 1. The fourth-order valence-corrected chi connectivity index (χ4v) is 1.07. The number of nitrogens with one attached hydrogen (secondary N) is 1. The van der Waals surface area contributed by atoms with Crippen LogP contribution in [0.5, 0.6) is 0 Å². The molecule has 0 bridgehead atoms. The van der Waals surface area contributed by atoms with Crippen molar-refractivity contribution in [1.29, 1.82) is 0 Å². The highest BCUT2D eigenvalue weighted by atomic mass is 35.5. The predicted octanol–water partition coefficient (Wildman–Crippen LogP) is 2.52. The van der Waals surface area contributed by atoms with Crippen LogP contribution in [-0.2, 0) is 9.53 Å². The molecule has 86 valence electrons. The van der Waals surface area contributed by atoms with Gasteiger partial charge in [-0.05, 0) is 26.0 Å². The molecule has 0 aliphatic carbocycles. The van der Waals surface area contributed by atoms with Crippen LogP contribution in [-0.4, -0.2) is 17.7 Å². The number of hydrazone groups is 1. The van der Waals surface area contributed by atoms with Gasteiger partial charge in [-0.15, -0.1) is 0 Å². The molecule has 0 spiro atoms. The van der Waals surface area contributed by atoms with Gasteiger partial charge in [0.2, 0.25) is 5.17 Å². The van der Waals surface area contributed by atoms with Crippen molar-refractivity contribution in [2.24, 2.45) is 5.10 Å². The molecule has 0 saturated heterocycles. The van der Waals surface area contributed by atoms with Gasteiger partial charge in [-0.25, -0.2) is 4.79 Å². The van der Waals surface area contributed by atoms with Gasteiger partial charge in [-0.1, -0.05) is 29.3 Å². The summed E-state index contributed by atoms with van der Waals surface area (Å²) in [7, 11) is 0. The molecule has 1 rings (SSSR count). The van der Waals surface area contributed by atoms with Crippen molar-refractivity contribution in [2.45, 2.75) is 13.8 Å². The van der Waals surface area contributed by atoms with Crippen LogP contribution in [0.15, 0.2) is 29.4 Å². The average Bonchev–Trinajstić information content (AvgIpc) is 2.28. The summed E-state index contributed by atoms with van der Waals surface area (Å²) in [6, 6.07) is 7.54. The lowest BCUT2D eigenvalue weighted by molar-refractivity contribution is -0.134. The Bertz CT molecular complexity index is 387. The highest BCUT2D eigenvalue weighted by Crippen LogP contribution is 2.08. The van der Waals surface area contributed by atoms with Gasteiger partial charge in [0.1, 0.15) is 0 Å². The summed E-state index contributed by atoms with van der Waals surface area (Å²) < 4.78 is 4.67. The van der Waals surface area contributed by atoms with E-state index in [9.17, 15) is 4.79 Å². The molecule has 5 heteroatoms. The monoisotopic (exact) mass is 240 g/mol. The van der Waals surface area contributed by atoms with Crippen LogP contribution in [0.3, 0.4) is 0 Å². The van der Waals surface area contributed by atoms with E-state index in [1.54, 1.807) is 6.92 Å². The third-order valence-electron chi connectivity index (χ3n) is 1.78. The van der Waals surface area contributed by atoms with Crippen LogP contribution in [0.2, 0.25) is 0 Å². The lowest BCUT2D eigenvalue weighted by Gasteiger charge is -2.02.